The Hall–Kier alpha value is -0.610. The van der Waals surface area contributed by atoms with Crippen LogP contribution in [0.5, 0.6) is 0 Å². The molecule has 1 aromatic rings. The zero-order valence-electron chi connectivity index (χ0n) is 8.59. The molecule has 0 heterocycles. The number of carbonyl (C=O) groups excluding carboxylic acids is 1. The molecule has 0 amide bonds. The highest BCUT2D eigenvalue weighted by molar-refractivity contribution is 14.1. The van der Waals surface area contributed by atoms with E-state index in [0.717, 1.165) is 8.04 Å². The Morgan fingerprint density at radius 2 is 2.31 bits per heavy atom. The Labute approximate surface area is 116 Å². The van der Waals surface area contributed by atoms with Crippen LogP contribution in [0.4, 0.5) is 0 Å². The number of ether oxygens (including phenoxy) is 1. The molecule has 0 aliphatic heterocycles. The maximum absolute atomic E-state index is 11.3. The maximum Gasteiger partial charge on any atom is 0.310 e. The lowest BCUT2D eigenvalue weighted by Gasteiger charge is -2.06. The van der Waals surface area contributed by atoms with E-state index in [-0.39, 0.29) is 12.4 Å². The normalized spacial score (nSPS) is 9.62. The van der Waals surface area contributed by atoms with Gasteiger partial charge < -0.3 is 4.74 Å². The molecule has 5 heteroatoms. The predicted molar refractivity (Wildman–Crippen MR) is 71.9 cm³/mol. The highest BCUT2D eigenvalue weighted by atomic mass is 127. The highest BCUT2D eigenvalue weighted by Gasteiger charge is 2.11. The van der Waals surface area contributed by atoms with Crippen LogP contribution in [0.15, 0.2) is 16.6 Å². The van der Waals surface area contributed by atoms with Crippen molar-refractivity contribution in [1.29, 1.82) is 5.26 Å². The van der Waals surface area contributed by atoms with Gasteiger partial charge in [-0.1, -0.05) is 0 Å². The van der Waals surface area contributed by atoms with Crippen LogP contribution >= 0.6 is 38.5 Å². The number of hydrogen-bond acceptors (Lipinski definition) is 3. The van der Waals surface area contributed by atoms with Crippen LogP contribution in [0.3, 0.4) is 0 Å². The zero-order valence-corrected chi connectivity index (χ0v) is 12.3. The van der Waals surface area contributed by atoms with Gasteiger partial charge in [0.1, 0.15) is 0 Å². The lowest BCUT2D eigenvalue weighted by atomic mass is 10.1. The number of hydrogen-bond donors (Lipinski definition) is 0. The van der Waals surface area contributed by atoms with Crippen molar-refractivity contribution in [3.8, 4) is 6.07 Å². The van der Waals surface area contributed by atoms with E-state index >= 15 is 0 Å². The van der Waals surface area contributed by atoms with Gasteiger partial charge in [0.15, 0.2) is 0 Å². The van der Waals surface area contributed by atoms with E-state index < -0.39 is 0 Å². The third kappa shape index (κ3) is 3.46. The minimum absolute atomic E-state index is 0.131. The summed E-state index contributed by atoms with van der Waals surface area (Å²) in [7, 11) is 0. The Bertz CT molecular complexity index is 454. The molecular weight excluding hydrogens is 385 g/mol. The van der Waals surface area contributed by atoms with Gasteiger partial charge in [0.2, 0.25) is 0 Å². The first-order chi connectivity index (χ1) is 7.58. The summed E-state index contributed by atoms with van der Waals surface area (Å²) >= 11 is 5.50. The molecule has 0 aliphatic rings. The number of carbonyl (C=O) groups is 1. The van der Waals surface area contributed by atoms with Gasteiger partial charge in [0.05, 0.1) is 24.7 Å². The van der Waals surface area contributed by atoms with E-state index in [4.69, 9.17) is 10.00 Å². The van der Waals surface area contributed by atoms with E-state index in [1.165, 1.54) is 0 Å². The van der Waals surface area contributed by atoms with Crippen molar-refractivity contribution in [2.45, 2.75) is 13.3 Å². The van der Waals surface area contributed by atoms with Crippen LogP contribution in [0.1, 0.15) is 18.1 Å². The summed E-state index contributed by atoms with van der Waals surface area (Å²) in [5.41, 5.74) is 1.20. The van der Waals surface area contributed by atoms with Gasteiger partial charge in [-0.2, -0.15) is 5.26 Å². The summed E-state index contributed by atoms with van der Waals surface area (Å²) in [5.74, 6) is -0.313. The Balaban J connectivity index is 3.00. The molecule has 1 rings (SSSR count). The summed E-state index contributed by atoms with van der Waals surface area (Å²) < 4.78 is 6.68. The fraction of sp³-hybridized carbons (Fsp3) is 0.273. The van der Waals surface area contributed by atoms with Crippen molar-refractivity contribution in [2.75, 3.05) is 6.61 Å². The topological polar surface area (TPSA) is 50.1 Å². The molecule has 0 saturated heterocycles. The monoisotopic (exact) mass is 393 g/mol. The minimum atomic E-state index is -0.313. The summed E-state index contributed by atoms with van der Waals surface area (Å²) in [6.07, 6.45) is 0.131. The summed E-state index contributed by atoms with van der Waals surface area (Å²) in [4.78, 5) is 11.3. The van der Waals surface area contributed by atoms with E-state index in [9.17, 15) is 4.79 Å². The number of esters is 1. The number of rotatable bonds is 3. The van der Waals surface area contributed by atoms with Crippen LogP contribution in [-0.4, -0.2) is 12.6 Å². The third-order valence-electron chi connectivity index (χ3n) is 1.91. The molecule has 0 atom stereocenters. The fourth-order valence-electron chi connectivity index (χ4n) is 1.21. The first-order valence-electron chi connectivity index (χ1n) is 4.62. The summed E-state index contributed by atoms with van der Waals surface area (Å²) in [6.45, 7) is 2.11. The standard InChI is InChI=1S/C11H9BrINO2/c1-2-16-11(15)5-7-3-9(12)10(13)4-8(7)6-14/h3-4H,2,5H2,1H3. The average molecular weight is 394 g/mol. The first-order valence-corrected chi connectivity index (χ1v) is 6.49. The van der Waals surface area contributed by atoms with Gasteiger partial charge in [-0.15, -0.1) is 0 Å². The average Bonchev–Trinajstić information content (AvgIpc) is 2.23. The van der Waals surface area contributed by atoms with E-state index in [0.29, 0.717) is 17.7 Å². The minimum Gasteiger partial charge on any atom is -0.466 e. The largest absolute Gasteiger partial charge is 0.466 e. The van der Waals surface area contributed by atoms with Gasteiger partial charge in [-0.25, -0.2) is 0 Å². The van der Waals surface area contributed by atoms with Gasteiger partial charge in [-0.05, 0) is 63.1 Å². The lowest BCUT2D eigenvalue weighted by molar-refractivity contribution is -0.142. The van der Waals surface area contributed by atoms with Crippen molar-refractivity contribution in [1.82, 2.24) is 0 Å². The van der Waals surface area contributed by atoms with Crippen LogP contribution in [0, 0.1) is 14.9 Å². The Morgan fingerprint density at radius 3 is 2.88 bits per heavy atom. The molecule has 0 radical (unpaired) electrons. The van der Waals surface area contributed by atoms with Gasteiger partial charge in [-0.3, -0.25) is 4.79 Å². The SMILES string of the molecule is CCOC(=O)Cc1cc(Br)c(I)cc1C#N. The Kier molecular flexibility index (Phi) is 5.22. The molecule has 0 N–H and O–H groups in total. The van der Waals surface area contributed by atoms with Gasteiger partial charge in [0.25, 0.3) is 0 Å². The predicted octanol–water partition coefficient (Wildman–Crippen LogP) is 3.03. The molecule has 84 valence electrons. The quantitative estimate of drug-likeness (QED) is 0.585. The van der Waals surface area contributed by atoms with Crippen LogP contribution < -0.4 is 0 Å². The Morgan fingerprint density at radius 1 is 1.62 bits per heavy atom. The second-order valence-corrected chi connectivity index (χ2v) is 5.03. The number of nitriles is 1. The fourth-order valence-corrected chi connectivity index (χ4v) is 2.06. The lowest BCUT2D eigenvalue weighted by Crippen LogP contribution is -2.09. The van der Waals surface area contributed by atoms with Crippen molar-refractivity contribution < 1.29 is 9.53 Å². The van der Waals surface area contributed by atoms with Gasteiger partial charge in [0, 0.05) is 8.04 Å². The molecule has 1 aromatic carbocycles. The van der Waals surface area contributed by atoms with E-state index in [1.54, 1.807) is 19.1 Å². The molecule has 3 nitrogen and oxygen atoms in total. The first kappa shape index (κ1) is 13.5. The molecular formula is C11H9BrINO2. The summed E-state index contributed by atoms with van der Waals surface area (Å²) in [6, 6.07) is 5.62. The van der Waals surface area contributed by atoms with Crippen molar-refractivity contribution in [2.24, 2.45) is 0 Å². The zero-order chi connectivity index (χ0) is 12.1. The maximum atomic E-state index is 11.3. The van der Waals surface area contributed by atoms with Crippen molar-refractivity contribution in [3.05, 3.63) is 31.3 Å². The second-order valence-electron chi connectivity index (χ2n) is 3.02. The van der Waals surface area contributed by atoms with Crippen molar-refractivity contribution in [3.63, 3.8) is 0 Å². The molecule has 0 unspecified atom stereocenters. The number of halogens is 2. The molecule has 0 saturated carbocycles. The smallest absolute Gasteiger partial charge is 0.310 e. The van der Waals surface area contributed by atoms with E-state index in [1.807, 2.05) is 0 Å². The summed E-state index contributed by atoms with van der Waals surface area (Å²) in [5, 5.41) is 8.96. The second kappa shape index (κ2) is 6.21. The van der Waals surface area contributed by atoms with Crippen LogP contribution in [-0.2, 0) is 16.0 Å². The van der Waals surface area contributed by atoms with Crippen LogP contribution in [0.25, 0.3) is 0 Å². The molecule has 0 fully saturated rings. The molecule has 16 heavy (non-hydrogen) atoms. The molecule has 0 aliphatic carbocycles. The number of nitrogens with zero attached hydrogens (tertiary/aromatic N) is 1. The highest BCUT2D eigenvalue weighted by Crippen LogP contribution is 2.23. The van der Waals surface area contributed by atoms with Crippen molar-refractivity contribution >= 4 is 44.5 Å². The molecule has 0 aromatic heterocycles. The third-order valence-corrected chi connectivity index (χ3v) is 4.20. The number of benzene rings is 1. The molecule has 0 bridgehead atoms. The van der Waals surface area contributed by atoms with Crippen LogP contribution in [0.2, 0.25) is 0 Å². The van der Waals surface area contributed by atoms with Gasteiger partial charge >= 0.3 is 5.97 Å². The molecule has 0 spiro atoms. The van der Waals surface area contributed by atoms with E-state index in [2.05, 4.69) is 44.6 Å².